The number of halogens is 1. The van der Waals surface area contributed by atoms with Gasteiger partial charge in [-0.15, -0.1) is 11.3 Å². The van der Waals surface area contributed by atoms with Crippen LogP contribution in [0.3, 0.4) is 0 Å². The molecule has 1 aromatic heterocycles. The van der Waals surface area contributed by atoms with Gasteiger partial charge < -0.3 is 0 Å². The summed E-state index contributed by atoms with van der Waals surface area (Å²) in [5.41, 5.74) is 0.766. The van der Waals surface area contributed by atoms with Crippen molar-refractivity contribution in [3.8, 4) is 0 Å². The average Bonchev–Trinajstić information content (AvgIpc) is 2.13. The van der Waals surface area contributed by atoms with Crippen molar-refractivity contribution < 1.29 is 4.79 Å². The van der Waals surface area contributed by atoms with Crippen LogP contribution in [0.4, 0.5) is 0 Å². The van der Waals surface area contributed by atoms with Gasteiger partial charge in [0.2, 0.25) is 5.24 Å². The summed E-state index contributed by atoms with van der Waals surface area (Å²) in [5, 5.41) is 2.45. The van der Waals surface area contributed by atoms with Gasteiger partial charge >= 0.3 is 0 Å². The van der Waals surface area contributed by atoms with E-state index in [1.54, 1.807) is 0 Å². The standard InChI is InChI=1S/C6H6ClNOS/c1-4-8-5(3-10-4)2-6(7)9/h3H,2H2,1H3. The number of carbonyl (C=O) groups is 1. The van der Waals surface area contributed by atoms with Crippen molar-refractivity contribution >= 4 is 28.2 Å². The molecular formula is C6H6ClNOS. The minimum Gasteiger partial charge on any atom is -0.281 e. The van der Waals surface area contributed by atoms with Crippen molar-refractivity contribution in [2.75, 3.05) is 0 Å². The average molecular weight is 176 g/mol. The zero-order valence-corrected chi connectivity index (χ0v) is 7.00. The lowest BCUT2D eigenvalue weighted by Gasteiger charge is -1.84. The summed E-state index contributed by atoms with van der Waals surface area (Å²) in [6.07, 6.45) is 0.242. The van der Waals surface area contributed by atoms with E-state index in [9.17, 15) is 4.79 Å². The highest BCUT2D eigenvalue weighted by molar-refractivity contribution is 7.09. The zero-order chi connectivity index (χ0) is 7.56. The number of nitrogens with zero attached hydrogens (tertiary/aromatic N) is 1. The first-order chi connectivity index (χ1) is 4.68. The molecule has 0 aliphatic heterocycles. The molecule has 0 radical (unpaired) electrons. The first-order valence-corrected chi connectivity index (χ1v) is 4.03. The van der Waals surface area contributed by atoms with Crippen molar-refractivity contribution in [1.82, 2.24) is 4.98 Å². The van der Waals surface area contributed by atoms with Crippen LogP contribution in [0.25, 0.3) is 0 Å². The van der Waals surface area contributed by atoms with Crippen molar-refractivity contribution in [2.24, 2.45) is 0 Å². The lowest BCUT2D eigenvalue weighted by molar-refractivity contribution is -0.111. The van der Waals surface area contributed by atoms with E-state index in [0.29, 0.717) is 0 Å². The number of hydrogen-bond acceptors (Lipinski definition) is 3. The first kappa shape index (κ1) is 7.69. The molecule has 0 fully saturated rings. The molecule has 1 aromatic rings. The van der Waals surface area contributed by atoms with E-state index in [1.807, 2.05) is 12.3 Å². The molecule has 4 heteroatoms. The maximum atomic E-state index is 10.4. The Morgan fingerprint density at radius 2 is 2.60 bits per heavy atom. The Bertz CT molecular complexity index is 246. The highest BCUT2D eigenvalue weighted by Crippen LogP contribution is 2.08. The Kier molecular flexibility index (Phi) is 2.40. The van der Waals surface area contributed by atoms with Gasteiger partial charge in [0.25, 0.3) is 0 Å². The predicted octanol–water partition coefficient (Wildman–Crippen LogP) is 1.76. The van der Waals surface area contributed by atoms with E-state index in [1.165, 1.54) is 11.3 Å². The van der Waals surface area contributed by atoms with Crippen molar-refractivity contribution in [1.29, 1.82) is 0 Å². The fourth-order valence-electron chi connectivity index (χ4n) is 0.632. The highest BCUT2D eigenvalue weighted by atomic mass is 35.5. The molecule has 0 atom stereocenters. The molecule has 0 spiro atoms. The minimum atomic E-state index is -0.356. The molecule has 0 unspecified atom stereocenters. The largest absolute Gasteiger partial charge is 0.281 e. The van der Waals surface area contributed by atoms with Gasteiger partial charge in [-0.3, -0.25) is 4.79 Å². The maximum Gasteiger partial charge on any atom is 0.227 e. The molecule has 1 heterocycles. The molecule has 2 nitrogen and oxygen atoms in total. The Labute approximate surface area is 67.9 Å². The van der Waals surface area contributed by atoms with Crippen LogP contribution in [0.15, 0.2) is 5.38 Å². The third kappa shape index (κ3) is 2.08. The third-order valence-corrected chi connectivity index (χ3v) is 1.94. The van der Waals surface area contributed by atoms with Gasteiger partial charge in [-0.05, 0) is 18.5 Å². The number of aromatic nitrogens is 1. The Morgan fingerprint density at radius 3 is 3.00 bits per heavy atom. The van der Waals surface area contributed by atoms with Crippen LogP contribution in [0, 0.1) is 6.92 Å². The molecule has 0 aliphatic rings. The van der Waals surface area contributed by atoms with Crippen LogP contribution in [-0.2, 0) is 11.2 Å². The molecule has 10 heavy (non-hydrogen) atoms. The van der Waals surface area contributed by atoms with Gasteiger partial charge in [0.1, 0.15) is 0 Å². The van der Waals surface area contributed by atoms with Crippen molar-refractivity contribution in [2.45, 2.75) is 13.3 Å². The molecule has 0 aliphatic carbocycles. The summed E-state index contributed by atoms with van der Waals surface area (Å²) in [4.78, 5) is 14.4. The van der Waals surface area contributed by atoms with Gasteiger partial charge in [0.15, 0.2) is 0 Å². The number of rotatable bonds is 2. The minimum absolute atomic E-state index is 0.242. The van der Waals surface area contributed by atoms with Gasteiger partial charge in [-0.2, -0.15) is 0 Å². The Hall–Kier alpha value is -0.410. The van der Waals surface area contributed by atoms with Crippen LogP contribution in [-0.4, -0.2) is 10.2 Å². The summed E-state index contributed by atoms with van der Waals surface area (Å²) in [5.74, 6) is 0. The van der Waals surface area contributed by atoms with Crippen LogP contribution in [0.2, 0.25) is 0 Å². The molecular weight excluding hydrogens is 170 g/mol. The smallest absolute Gasteiger partial charge is 0.227 e. The molecule has 0 aromatic carbocycles. The summed E-state index contributed by atoms with van der Waals surface area (Å²) in [6.45, 7) is 1.90. The van der Waals surface area contributed by atoms with E-state index >= 15 is 0 Å². The van der Waals surface area contributed by atoms with Crippen LogP contribution >= 0.6 is 22.9 Å². The fraction of sp³-hybridized carbons (Fsp3) is 0.333. The van der Waals surface area contributed by atoms with Gasteiger partial charge in [-0.1, -0.05) is 0 Å². The molecule has 54 valence electrons. The van der Waals surface area contributed by atoms with Crippen LogP contribution in [0.5, 0.6) is 0 Å². The normalized spacial score (nSPS) is 9.80. The molecule has 0 saturated heterocycles. The number of hydrogen-bond donors (Lipinski definition) is 0. The second-order valence-electron chi connectivity index (χ2n) is 1.89. The highest BCUT2D eigenvalue weighted by Gasteiger charge is 2.01. The lowest BCUT2D eigenvalue weighted by Crippen LogP contribution is -1.92. The van der Waals surface area contributed by atoms with Gasteiger partial charge in [0, 0.05) is 5.38 Å². The first-order valence-electron chi connectivity index (χ1n) is 2.78. The topological polar surface area (TPSA) is 30.0 Å². The lowest BCUT2D eigenvalue weighted by atomic mass is 10.4. The summed E-state index contributed by atoms with van der Waals surface area (Å²) in [7, 11) is 0. The number of thiazole rings is 1. The quantitative estimate of drug-likeness (QED) is 0.642. The summed E-state index contributed by atoms with van der Waals surface area (Å²) < 4.78 is 0. The Balaban J connectivity index is 2.67. The van der Waals surface area contributed by atoms with Crippen LogP contribution in [0.1, 0.15) is 10.7 Å². The van der Waals surface area contributed by atoms with Gasteiger partial charge in [-0.25, -0.2) is 4.98 Å². The van der Waals surface area contributed by atoms with E-state index < -0.39 is 0 Å². The summed E-state index contributed by atoms with van der Waals surface area (Å²) >= 11 is 6.67. The van der Waals surface area contributed by atoms with E-state index in [0.717, 1.165) is 10.7 Å². The van der Waals surface area contributed by atoms with Gasteiger partial charge in [0.05, 0.1) is 17.1 Å². The maximum absolute atomic E-state index is 10.4. The second-order valence-corrected chi connectivity index (χ2v) is 3.37. The number of aryl methyl sites for hydroxylation is 1. The van der Waals surface area contributed by atoms with Crippen molar-refractivity contribution in [3.05, 3.63) is 16.1 Å². The van der Waals surface area contributed by atoms with E-state index in [4.69, 9.17) is 11.6 Å². The predicted molar refractivity (Wildman–Crippen MR) is 41.4 cm³/mol. The number of carbonyl (C=O) groups excluding carboxylic acids is 1. The monoisotopic (exact) mass is 175 g/mol. The van der Waals surface area contributed by atoms with E-state index in [2.05, 4.69) is 4.98 Å². The molecule has 0 amide bonds. The summed E-state index contributed by atoms with van der Waals surface area (Å²) in [6, 6.07) is 0. The second kappa shape index (κ2) is 3.12. The zero-order valence-electron chi connectivity index (χ0n) is 5.43. The molecule has 0 N–H and O–H groups in total. The SMILES string of the molecule is Cc1nc(CC(=O)Cl)cs1. The molecule has 0 saturated carbocycles. The molecule has 1 rings (SSSR count). The molecule has 0 bridgehead atoms. The Morgan fingerprint density at radius 1 is 1.90 bits per heavy atom. The van der Waals surface area contributed by atoms with Crippen molar-refractivity contribution in [3.63, 3.8) is 0 Å². The van der Waals surface area contributed by atoms with E-state index in [-0.39, 0.29) is 11.7 Å². The van der Waals surface area contributed by atoms with Crippen LogP contribution < -0.4 is 0 Å². The fourth-order valence-corrected chi connectivity index (χ4v) is 1.38. The third-order valence-electron chi connectivity index (χ3n) is 0.987.